The summed E-state index contributed by atoms with van der Waals surface area (Å²) in [5.74, 6) is -0.918. The predicted molar refractivity (Wildman–Crippen MR) is 63.9 cm³/mol. The van der Waals surface area contributed by atoms with Crippen LogP contribution in [0.2, 0.25) is 0 Å². The molecule has 2 rings (SSSR count). The number of amides is 1. The fraction of sp³-hybridized carbons (Fsp3) is 0.462. The highest BCUT2D eigenvalue weighted by molar-refractivity contribution is 5.94. The van der Waals surface area contributed by atoms with E-state index in [-0.39, 0.29) is 18.8 Å². The number of aryl methyl sites for hydroxylation is 1. The lowest BCUT2D eigenvalue weighted by atomic mass is 10.1. The summed E-state index contributed by atoms with van der Waals surface area (Å²) in [5.41, 5.74) is 0.811. The fourth-order valence-corrected chi connectivity index (χ4v) is 2.02. The zero-order chi connectivity index (χ0) is 13.1. The van der Waals surface area contributed by atoms with Crippen LogP contribution < -0.4 is 0 Å². The number of carbonyl (C=O) groups excluding carboxylic acids is 1. The highest BCUT2D eigenvalue weighted by atomic mass is 19.1. The normalized spacial score (nSPS) is 19.9. The molecule has 1 aromatic carbocycles. The van der Waals surface area contributed by atoms with Crippen molar-refractivity contribution >= 4 is 5.91 Å². The molecule has 0 spiro atoms. The third-order valence-electron chi connectivity index (χ3n) is 3.05. The Morgan fingerprint density at radius 1 is 1.61 bits per heavy atom. The molecule has 0 radical (unpaired) electrons. The molecule has 1 atom stereocenters. The van der Waals surface area contributed by atoms with Crippen molar-refractivity contribution in [2.45, 2.75) is 13.0 Å². The zero-order valence-electron chi connectivity index (χ0n) is 10.2. The molecular weight excluding hydrogens is 237 g/mol. The van der Waals surface area contributed by atoms with E-state index < -0.39 is 17.8 Å². The summed E-state index contributed by atoms with van der Waals surface area (Å²) in [5, 5.41) is 9.20. The van der Waals surface area contributed by atoms with Crippen molar-refractivity contribution in [3.63, 3.8) is 0 Å². The number of ether oxygens (including phenoxy) is 1. The zero-order valence-corrected chi connectivity index (χ0v) is 10.2. The first-order valence-corrected chi connectivity index (χ1v) is 5.89. The van der Waals surface area contributed by atoms with Crippen LogP contribution in [0.25, 0.3) is 0 Å². The van der Waals surface area contributed by atoms with Gasteiger partial charge in [-0.25, -0.2) is 4.39 Å². The summed E-state index contributed by atoms with van der Waals surface area (Å²) in [6, 6.07) is 4.12. The molecule has 5 heteroatoms. The number of halogens is 1. The molecule has 1 N–H and O–H groups in total. The van der Waals surface area contributed by atoms with Gasteiger partial charge >= 0.3 is 0 Å². The van der Waals surface area contributed by atoms with E-state index >= 15 is 0 Å². The van der Waals surface area contributed by atoms with Gasteiger partial charge in [-0.05, 0) is 24.6 Å². The fourth-order valence-electron chi connectivity index (χ4n) is 2.02. The maximum absolute atomic E-state index is 13.7. The van der Waals surface area contributed by atoms with Crippen molar-refractivity contribution in [2.75, 3.05) is 26.4 Å². The molecule has 1 heterocycles. The Hall–Kier alpha value is -1.46. The van der Waals surface area contributed by atoms with Crippen molar-refractivity contribution in [1.82, 2.24) is 4.90 Å². The number of aliphatic hydroxyl groups is 1. The standard InChI is InChI=1S/C13H16FNO3/c1-9-2-3-11(12(14)6-9)13(17)15-4-5-18-8-10(15)7-16/h2-3,6,10,16H,4-5,7-8H2,1H3. The van der Waals surface area contributed by atoms with Gasteiger partial charge in [-0.3, -0.25) is 4.79 Å². The van der Waals surface area contributed by atoms with Crippen LogP contribution in [0.1, 0.15) is 15.9 Å². The van der Waals surface area contributed by atoms with Gasteiger partial charge in [0.05, 0.1) is 31.4 Å². The molecule has 1 fully saturated rings. The summed E-state index contributed by atoms with van der Waals surface area (Å²) in [4.78, 5) is 13.7. The van der Waals surface area contributed by atoms with Gasteiger partial charge in [-0.2, -0.15) is 0 Å². The molecular formula is C13H16FNO3. The molecule has 1 aliphatic heterocycles. The maximum Gasteiger partial charge on any atom is 0.257 e. The van der Waals surface area contributed by atoms with Crippen molar-refractivity contribution in [1.29, 1.82) is 0 Å². The van der Waals surface area contributed by atoms with Crippen LogP contribution in [0.15, 0.2) is 18.2 Å². The molecule has 0 bridgehead atoms. The van der Waals surface area contributed by atoms with Crippen molar-refractivity contribution in [2.24, 2.45) is 0 Å². The number of hydrogen-bond donors (Lipinski definition) is 1. The van der Waals surface area contributed by atoms with Crippen LogP contribution in [0.3, 0.4) is 0 Å². The van der Waals surface area contributed by atoms with E-state index in [9.17, 15) is 14.3 Å². The minimum Gasteiger partial charge on any atom is -0.394 e. The van der Waals surface area contributed by atoms with Gasteiger partial charge in [-0.15, -0.1) is 0 Å². The highest BCUT2D eigenvalue weighted by Gasteiger charge is 2.28. The molecule has 1 unspecified atom stereocenters. The van der Waals surface area contributed by atoms with Gasteiger partial charge in [0.1, 0.15) is 5.82 Å². The molecule has 1 aromatic rings. The summed E-state index contributed by atoms with van der Waals surface area (Å²) >= 11 is 0. The first-order valence-electron chi connectivity index (χ1n) is 5.89. The second-order valence-corrected chi connectivity index (χ2v) is 4.39. The van der Waals surface area contributed by atoms with Crippen LogP contribution in [0, 0.1) is 12.7 Å². The molecule has 0 aromatic heterocycles. The van der Waals surface area contributed by atoms with Gasteiger partial charge in [0, 0.05) is 6.54 Å². The Bertz CT molecular complexity index is 450. The number of aliphatic hydroxyl groups excluding tert-OH is 1. The van der Waals surface area contributed by atoms with E-state index in [4.69, 9.17) is 4.74 Å². The molecule has 0 saturated carbocycles. The third kappa shape index (κ3) is 2.52. The van der Waals surface area contributed by atoms with Gasteiger partial charge < -0.3 is 14.7 Å². The quantitative estimate of drug-likeness (QED) is 0.854. The number of hydrogen-bond acceptors (Lipinski definition) is 3. The number of carbonyl (C=O) groups is 1. The monoisotopic (exact) mass is 253 g/mol. The van der Waals surface area contributed by atoms with Crippen LogP contribution in [-0.4, -0.2) is 48.3 Å². The molecule has 0 aliphatic carbocycles. The lowest BCUT2D eigenvalue weighted by molar-refractivity contribution is -0.0185. The van der Waals surface area contributed by atoms with Crippen LogP contribution in [-0.2, 0) is 4.74 Å². The molecule has 4 nitrogen and oxygen atoms in total. The lowest BCUT2D eigenvalue weighted by Crippen LogP contribution is -2.50. The molecule has 1 aliphatic rings. The Balaban J connectivity index is 2.24. The number of benzene rings is 1. The smallest absolute Gasteiger partial charge is 0.257 e. The second-order valence-electron chi connectivity index (χ2n) is 4.39. The highest BCUT2D eigenvalue weighted by Crippen LogP contribution is 2.16. The molecule has 1 saturated heterocycles. The topological polar surface area (TPSA) is 49.8 Å². The predicted octanol–water partition coefficient (Wildman–Crippen LogP) is 0.967. The first kappa shape index (κ1) is 13.0. The minimum atomic E-state index is -0.525. The van der Waals surface area contributed by atoms with E-state index in [0.29, 0.717) is 13.2 Å². The Morgan fingerprint density at radius 3 is 3.06 bits per heavy atom. The van der Waals surface area contributed by atoms with E-state index in [1.165, 1.54) is 17.0 Å². The van der Waals surface area contributed by atoms with Crippen LogP contribution in [0.4, 0.5) is 4.39 Å². The van der Waals surface area contributed by atoms with Gasteiger partial charge in [-0.1, -0.05) is 6.07 Å². The summed E-state index contributed by atoms with van der Waals surface area (Å²) in [6.45, 7) is 2.66. The van der Waals surface area contributed by atoms with Crippen molar-refractivity contribution in [3.8, 4) is 0 Å². The van der Waals surface area contributed by atoms with E-state index in [1.54, 1.807) is 13.0 Å². The van der Waals surface area contributed by atoms with Crippen LogP contribution in [0.5, 0.6) is 0 Å². The van der Waals surface area contributed by atoms with Crippen LogP contribution >= 0.6 is 0 Å². The average Bonchev–Trinajstić information content (AvgIpc) is 2.38. The van der Waals surface area contributed by atoms with Crippen molar-refractivity contribution in [3.05, 3.63) is 35.1 Å². The SMILES string of the molecule is Cc1ccc(C(=O)N2CCOCC2CO)c(F)c1. The van der Waals surface area contributed by atoms with Gasteiger partial charge in [0.2, 0.25) is 0 Å². The van der Waals surface area contributed by atoms with E-state index in [1.807, 2.05) is 0 Å². The van der Waals surface area contributed by atoms with Crippen molar-refractivity contribution < 1.29 is 19.0 Å². The summed E-state index contributed by atoms with van der Waals surface area (Å²) < 4.78 is 18.9. The van der Waals surface area contributed by atoms with Gasteiger partial charge in [0.25, 0.3) is 5.91 Å². The Kier molecular flexibility index (Phi) is 3.93. The third-order valence-corrected chi connectivity index (χ3v) is 3.05. The Morgan fingerprint density at radius 2 is 2.39 bits per heavy atom. The Labute approximate surface area is 105 Å². The molecule has 18 heavy (non-hydrogen) atoms. The first-order chi connectivity index (χ1) is 8.63. The summed E-state index contributed by atoms with van der Waals surface area (Å²) in [6.07, 6.45) is 0. The molecule has 98 valence electrons. The number of rotatable bonds is 2. The number of morpholine rings is 1. The van der Waals surface area contributed by atoms with E-state index in [0.717, 1.165) is 5.56 Å². The largest absolute Gasteiger partial charge is 0.394 e. The minimum absolute atomic E-state index is 0.0425. The molecule has 1 amide bonds. The second kappa shape index (κ2) is 5.46. The number of nitrogens with zero attached hydrogens (tertiary/aromatic N) is 1. The van der Waals surface area contributed by atoms with Gasteiger partial charge in [0.15, 0.2) is 0 Å². The summed E-state index contributed by atoms with van der Waals surface area (Å²) in [7, 11) is 0. The lowest BCUT2D eigenvalue weighted by Gasteiger charge is -2.34. The van der Waals surface area contributed by atoms with E-state index in [2.05, 4.69) is 0 Å². The average molecular weight is 253 g/mol. The maximum atomic E-state index is 13.7.